The van der Waals surface area contributed by atoms with Crippen LogP contribution < -0.4 is 11.0 Å². The van der Waals surface area contributed by atoms with E-state index in [0.29, 0.717) is 25.1 Å². The second kappa shape index (κ2) is 6.33. The van der Waals surface area contributed by atoms with Crippen LogP contribution in [0.2, 0.25) is 0 Å². The van der Waals surface area contributed by atoms with Crippen molar-refractivity contribution in [3.63, 3.8) is 0 Å². The fourth-order valence-corrected chi connectivity index (χ4v) is 4.41. The molecule has 3 aromatic heterocycles. The van der Waals surface area contributed by atoms with E-state index in [2.05, 4.69) is 20.5 Å². The normalized spacial score (nSPS) is 17.2. The zero-order valence-electron chi connectivity index (χ0n) is 12.7. The first-order valence-electron chi connectivity index (χ1n) is 7.65. The predicted molar refractivity (Wildman–Crippen MR) is 92.5 cm³/mol. The summed E-state index contributed by atoms with van der Waals surface area (Å²) in [6.45, 7) is 0.563. The van der Waals surface area contributed by atoms with Gasteiger partial charge >= 0.3 is 5.69 Å². The largest absolute Gasteiger partial charge is 0.348 e. The number of nitrogens with one attached hydrogen (secondary N) is 2. The van der Waals surface area contributed by atoms with E-state index in [0.717, 1.165) is 22.1 Å². The summed E-state index contributed by atoms with van der Waals surface area (Å²) in [5.74, 6) is 0.595. The lowest BCUT2D eigenvalue weighted by Gasteiger charge is -2.14. The maximum atomic E-state index is 12.4. The molecule has 0 aliphatic carbocycles. The summed E-state index contributed by atoms with van der Waals surface area (Å²) in [4.78, 5) is 29.6. The van der Waals surface area contributed by atoms with Crippen LogP contribution in [0.5, 0.6) is 0 Å². The van der Waals surface area contributed by atoms with Crippen molar-refractivity contribution in [3.05, 3.63) is 44.9 Å². The Morgan fingerprint density at radius 3 is 3.12 bits per heavy atom. The molecule has 0 saturated heterocycles. The number of hydrogen-bond acceptors (Lipinski definition) is 6. The van der Waals surface area contributed by atoms with Crippen LogP contribution in [0, 0.1) is 0 Å². The van der Waals surface area contributed by atoms with Gasteiger partial charge in [0.05, 0.1) is 4.88 Å². The smallest absolute Gasteiger partial charge is 0.343 e. The summed E-state index contributed by atoms with van der Waals surface area (Å²) >= 11 is 3.08. The maximum absolute atomic E-state index is 12.4. The number of nitrogens with zero attached hydrogens (tertiary/aromatic N) is 3. The second-order valence-corrected chi connectivity index (χ2v) is 7.42. The van der Waals surface area contributed by atoms with Gasteiger partial charge in [-0.15, -0.1) is 22.7 Å². The molecule has 7 nitrogen and oxygen atoms in total. The molecule has 9 heteroatoms. The number of amides is 1. The van der Waals surface area contributed by atoms with Gasteiger partial charge in [0.15, 0.2) is 0 Å². The Morgan fingerprint density at radius 2 is 2.29 bits per heavy atom. The zero-order valence-corrected chi connectivity index (χ0v) is 14.3. The monoisotopic (exact) mass is 361 g/mol. The highest BCUT2D eigenvalue weighted by Crippen LogP contribution is 2.27. The lowest BCUT2D eigenvalue weighted by molar-refractivity contribution is 0.0928. The van der Waals surface area contributed by atoms with E-state index in [9.17, 15) is 9.59 Å². The fourth-order valence-electron chi connectivity index (χ4n) is 2.80. The minimum Gasteiger partial charge on any atom is -0.348 e. The van der Waals surface area contributed by atoms with E-state index in [-0.39, 0.29) is 17.6 Å². The van der Waals surface area contributed by atoms with E-state index in [1.165, 1.54) is 11.3 Å². The number of fused-ring (bicyclic) bond motifs is 1. The second-order valence-electron chi connectivity index (χ2n) is 5.61. The number of carbonyl (C=O) groups excluding carboxylic acids is 1. The van der Waals surface area contributed by atoms with E-state index < -0.39 is 0 Å². The molecule has 24 heavy (non-hydrogen) atoms. The molecule has 1 aliphatic heterocycles. The zero-order chi connectivity index (χ0) is 16.5. The molecule has 0 fully saturated rings. The molecule has 4 rings (SSSR count). The van der Waals surface area contributed by atoms with Gasteiger partial charge in [-0.2, -0.15) is 5.10 Å². The SMILES string of the molecule is O=C(NC1CCc2n[nH]c(=O)n2CC1)c1csc(-c2cccs2)n1. The summed E-state index contributed by atoms with van der Waals surface area (Å²) in [7, 11) is 0. The summed E-state index contributed by atoms with van der Waals surface area (Å²) < 4.78 is 1.64. The van der Waals surface area contributed by atoms with E-state index in [1.54, 1.807) is 21.3 Å². The average Bonchev–Trinajstić information content (AvgIpc) is 3.29. The molecule has 2 N–H and O–H groups in total. The van der Waals surface area contributed by atoms with Crippen molar-refractivity contribution in [1.29, 1.82) is 0 Å². The highest BCUT2D eigenvalue weighted by atomic mass is 32.1. The number of aryl methyl sites for hydroxylation is 1. The van der Waals surface area contributed by atoms with Crippen molar-refractivity contribution in [2.24, 2.45) is 0 Å². The highest BCUT2D eigenvalue weighted by Gasteiger charge is 2.21. The molecule has 0 aromatic carbocycles. The fraction of sp³-hybridized carbons (Fsp3) is 0.333. The Labute approximate surface area is 145 Å². The van der Waals surface area contributed by atoms with Gasteiger partial charge in [0.2, 0.25) is 0 Å². The Kier molecular flexibility index (Phi) is 4.03. The van der Waals surface area contributed by atoms with Gasteiger partial charge in [0.25, 0.3) is 5.91 Å². The van der Waals surface area contributed by atoms with Crippen molar-refractivity contribution in [2.45, 2.75) is 31.8 Å². The van der Waals surface area contributed by atoms with Gasteiger partial charge in [-0.25, -0.2) is 14.9 Å². The quantitative estimate of drug-likeness (QED) is 0.745. The van der Waals surface area contributed by atoms with Crippen LogP contribution in [-0.2, 0) is 13.0 Å². The van der Waals surface area contributed by atoms with Crippen LogP contribution in [0.25, 0.3) is 9.88 Å². The van der Waals surface area contributed by atoms with Crippen LogP contribution in [0.4, 0.5) is 0 Å². The third kappa shape index (κ3) is 2.92. The number of rotatable bonds is 3. The molecule has 1 atom stereocenters. The number of thiazole rings is 1. The molecule has 0 saturated carbocycles. The van der Waals surface area contributed by atoms with Crippen molar-refractivity contribution in [1.82, 2.24) is 25.1 Å². The maximum Gasteiger partial charge on any atom is 0.343 e. The van der Waals surface area contributed by atoms with Crippen molar-refractivity contribution >= 4 is 28.6 Å². The summed E-state index contributed by atoms with van der Waals surface area (Å²) in [5.41, 5.74) is 0.264. The van der Waals surface area contributed by atoms with Crippen molar-refractivity contribution < 1.29 is 4.79 Å². The Hall–Kier alpha value is -2.26. The molecule has 3 aromatic rings. The van der Waals surface area contributed by atoms with Crippen LogP contribution in [0.1, 0.15) is 29.2 Å². The number of aromatic nitrogens is 4. The van der Waals surface area contributed by atoms with Gasteiger partial charge in [-0.05, 0) is 24.3 Å². The Bertz CT molecular complexity index is 909. The van der Waals surface area contributed by atoms with Crippen LogP contribution in [0.3, 0.4) is 0 Å². The first kappa shape index (κ1) is 15.3. The third-order valence-corrected chi connectivity index (χ3v) is 5.94. The number of thiophene rings is 1. The highest BCUT2D eigenvalue weighted by molar-refractivity contribution is 7.20. The van der Waals surface area contributed by atoms with Crippen molar-refractivity contribution in [3.8, 4) is 9.88 Å². The van der Waals surface area contributed by atoms with E-state index in [1.807, 2.05) is 17.5 Å². The molecule has 124 valence electrons. The van der Waals surface area contributed by atoms with Gasteiger partial charge in [-0.3, -0.25) is 9.36 Å². The lowest BCUT2D eigenvalue weighted by atomic mass is 10.1. The Balaban J connectivity index is 1.42. The van der Waals surface area contributed by atoms with Gasteiger partial charge in [0, 0.05) is 24.4 Å². The Morgan fingerprint density at radius 1 is 1.38 bits per heavy atom. The number of hydrogen-bond donors (Lipinski definition) is 2. The first-order valence-corrected chi connectivity index (χ1v) is 9.41. The van der Waals surface area contributed by atoms with E-state index >= 15 is 0 Å². The third-order valence-electron chi connectivity index (χ3n) is 4.06. The molecule has 1 amide bonds. The summed E-state index contributed by atoms with van der Waals surface area (Å²) in [5, 5.41) is 14.2. The molecule has 0 radical (unpaired) electrons. The minimum atomic E-state index is -0.183. The number of H-pyrrole nitrogens is 1. The molecule has 4 heterocycles. The van der Waals surface area contributed by atoms with Gasteiger partial charge in [0.1, 0.15) is 16.5 Å². The molecule has 0 spiro atoms. The standard InChI is InChI=1S/C15H15N5O2S2/c21-13(10-8-24-14(17-10)11-2-1-7-23-11)16-9-3-4-12-18-19-15(22)20(12)6-5-9/h1-2,7-9H,3-6H2,(H,16,21)(H,19,22). The molecule has 1 unspecified atom stereocenters. The van der Waals surface area contributed by atoms with Crippen molar-refractivity contribution in [2.75, 3.05) is 0 Å². The lowest BCUT2D eigenvalue weighted by Crippen LogP contribution is -2.35. The van der Waals surface area contributed by atoms with Crippen LogP contribution in [0.15, 0.2) is 27.7 Å². The minimum absolute atomic E-state index is 0.0190. The van der Waals surface area contributed by atoms with E-state index in [4.69, 9.17) is 0 Å². The molecule has 0 bridgehead atoms. The molecule has 1 aliphatic rings. The first-order chi connectivity index (χ1) is 11.7. The molecular weight excluding hydrogens is 346 g/mol. The predicted octanol–water partition coefficient (Wildman–Crippen LogP) is 1.89. The number of aromatic amines is 1. The average molecular weight is 361 g/mol. The number of carbonyl (C=O) groups is 1. The summed E-state index contributed by atoms with van der Waals surface area (Å²) in [6.07, 6.45) is 2.14. The molecular formula is C15H15N5O2S2. The van der Waals surface area contributed by atoms with Gasteiger partial charge in [-0.1, -0.05) is 6.07 Å². The van der Waals surface area contributed by atoms with Crippen LogP contribution >= 0.6 is 22.7 Å². The summed E-state index contributed by atoms with van der Waals surface area (Å²) in [6, 6.07) is 3.98. The van der Waals surface area contributed by atoms with Gasteiger partial charge < -0.3 is 5.32 Å². The van der Waals surface area contributed by atoms with Crippen LogP contribution in [-0.4, -0.2) is 31.7 Å². The topological polar surface area (TPSA) is 92.7 Å².